The Morgan fingerprint density at radius 3 is 1.74 bits per heavy atom. The molecule has 162 valence electrons. The van der Waals surface area contributed by atoms with E-state index in [1.807, 2.05) is 50.3 Å². The minimum absolute atomic E-state index is 0.110. The molecule has 0 aromatic rings. The van der Waals surface area contributed by atoms with Crippen LogP contribution in [0.15, 0.2) is 0 Å². The molecular weight excluding hydrogens is 477 g/mol. The van der Waals surface area contributed by atoms with Crippen LogP contribution in [0, 0.1) is 11.3 Å². The molecule has 0 radical (unpaired) electrons. The number of halogens is 3. The van der Waals surface area contributed by atoms with Gasteiger partial charge in [-0.2, -0.15) is 0 Å². The van der Waals surface area contributed by atoms with Gasteiger partial charge < -0.3 is 14.9 Å². The zero-order chi connectivity index (χ0) is 23.0. The molecule has 0 saturated heterocycles. The fourth-order valence-corrected chi connectivity index (χ4v) is 1.95. The summed E-state index contributed by atoms with van der Waals surface area (Å²) in [6.45, 7) is 7.32. The summed E-state index contributed by atoms with van der Waals surface area (Å²) in [5, 5.41) is 17.2. The number of hydrogen-bond acceptors (Lipinski definition) is 4. The summed E-state index contributed by atoms with van der Waals surface area (Å²) < 4.78 is 35.2. The molecule has 0 saturated carbocycles. The van der Waals surface area contributed by atoms with Gasteiger partial charge in [0.1, 0.15) is 5.60 Å². The Morgan fingerprint density at radius 2 is 1.56 bits per heavy atom. The van der Waals surface area contributed by atoms with Gasteiger partial charge in [0.2, 0.25) is 0 Å². The molecule has 0 spiro atoms. The van der Waals surface area contributed by atoms with Crippen LogP contribution in [0.1, 0.15) is 61.7 Å². The molecule has 6 nitrogen and oxygen atoms in total. The van der Waals surface area contributed by atoms with E-state index in [1.54, 1.807) is 0 Å². The molecule has 0 aliphatic rings. The van der Waals surface area contributed by atoms with E-state index in [9.17, 15) is 23.2 Å². The SMILES string of the molecule is CCC(CCF)(C(=O)O)C(=O)O.CCC(CCF)C(=O)OC(C)(C)C.[2H]CI. The van der Waals surface area contributed by atoms with Crippen LogP contribution >= 0.6 is 22.6 Å². The highest BCUT2D eigenvalue weighted by atomic mass is 127. The van der Waals surface area contributed by atoms with Crippen LogP contribution in [0.4, 0.5) is 8.78 Å². The topological polar surface area (TPSA) is 101 Å². The van der Waals surface area contributed by atoms with Gasteiger partial charge in [-0.1, -0.05) is 36.4 Å². The molecule has 0 aliphatic heterocycles. The van der Waals surface area contributed by atoms with Crippen molar-refractivity contribution in [1.29, 1.82) is 0 Å². The monoisotopic (exact) mass is 511 g/mol. The van der Waals surface area contributed by atoms with E-state index in [1.165, 1.54) is 6.92 Å². The molecule has 9 heteroatoms. The number of esters is 1. The lowest BCUT2D eigenvalue weighted by Gasteiger charge is -2.22. The Hall–Kier alpha value is -1.00. The highest BCUT2D eigenvalue weighted by Gasteiger charge is 2.44. The normalized spacial score (nSPS) is 12.4. The van der Waals surface area contributed by atoms with Gasteiger partial charge in [0.25, 0.3) is 0 Å². The van der Waals surface area contributed by atoms with E-state index >= 15 is 0 Å². The van der Waals surface area contributed by atoms with E-state index in [2.05, 4.69) is 0 Å². The lowest BCUT2D eigenvalue weighted by molar-refractivity contribution is -0.166. The maximum absolute atomic E-state index is 12.0. The Balaban J connectivity index is -0.000000392. The highest BCUT2D eigenvalue weighted by molar-refractivity contribution is 14.1. The van der Waals surface area contributed by atoms with Crippen molar-refractivity contribution < 1.29 is 39.5 Å². The van der Waals surface area contributed by atoms with E-state index < -0.39 is 42.7 Å². The van der Waals surface area contributed by atoms with Gasteiger partial charge in [-0.3, -0.25) is 23.2 Å². The molecule has 0 heterocycles. The summed E-state index contributed by atoms with van der Waals surface area (Å²) in [5.74, 6) is -3.53. The third-order valence-electron chi connectivity index (χ3n) is 3.63. The number of rotatable bonds is 9. The van der Waals surface area contributed by atoms with Gasteiger partial charge >= 0.3 is 17.9 Å². The minimum atomic E-state index is -1.95. The molecule has 27 heavy (non-hydrogen) atoms. The molecule has 0 aromatic heterocycles. The van der Waals surface area contributed by atoms with E-state index in [4.69, 9.17) is 16.3 Å². The smallest absolute Gasteiger partial charge is 0.321 e. The van der Waals surface area contributed by atoms with Crippen molar-refractivity contribution in [2.24, 2.45) is 11.3 Å². The summed E-state index contributed by atoms with van der Waals surface area (Å²) in [6, 6.07) is 0. The predicted octanol–water partition coefficient (Wildman–Crippen LogP) is 4.68. The molecule has 1 unspecified atom stereocenters. The van der Waals surface area contributed by atoms with E-state index in [0.717, 1.165) is 0 Å². The van der Waals surface area contributed by atoms with Crippen LogP contribution in [0.2, 0.25) is 0 Å². The summed E-state index contributed by atoms with van der Waals surface area (Å²) in [5.41, 5.74) is -2.42. The lowest BCUT2D eigenvalue weighted by atomic mass is 9.82. The number of carboxylic acid groups (broad SMARTS) is 2. The van der Waals surface area contributed by atoms with Crippen LogP contribution in [0.5, 0.6) is 0 Å². The number of hydrogen-bond donors (Lipinski definition) is 2. The average Bonchev–Trinajstić information content (AvgIpc) is 2.56. The summed E-state index contributed by atoms with van der Waals surface area (Å²) in [6.07, 6.45) is 0.319. The Bertz CT molecular complexity index is 444. The standard InChI is InChI=1S/C10H19FO2.C7H11FO4.CH3I/c1-5-8(6-7-11)9(12)13-10(2,3)4;1-2-7(3-4-8,5(9)10)6(11)12;1-2/h8H,5-7H2,1-4H3;2-4H2,1H3,(H,9,10)(H,11,12);1H3/i;;1D. The van der Waals surface area contributed by atoms with Crippen LogP contribution in [-0.2, 0) is 19.1 Å². The second kappa shape index (κ2) is 16.0. The first-order chi connectivity index (χ1) is 12.8. The van der Waals surface area contributed by atoms with Crippen molar-refractivity contribution >= 4 is 40.5 Å². The van der Waals surface area contributed by atoms with E-state index in [-0.39, 0.29) is 24.7 Å². The number of alkyl halides is 3. The van der Waals surface area contributed by atoms with Gasteiger partial charge in [0.05, 0.1) is 19.3 Å². The number of aliphatic carboxylic acids is 2. The maximum Gasteiger partial charge on any atom is 0.321 e. The van der Waals surface area contributed by atoms with Crippen molar-refractivity contribution in [3.05, 3.63) is 0 Å². The van der Waals surface area contributed by atoms with Crippen LogP contribution in [0.3, 0.4) is 0 Å². The summed E-state index contributed by atoms with van der Waals surface area (Å²) in [7, 11) is 0. The third kappa shape index (κ3) is 12.9. The third-order valence-corrected chi connectivity index (χ3v) is 3.63. The van der Waals surface area contributed by atoms with Crippen molar-refractivity contribution in [3.8, 4) is 0 Å². The molecule has 2 N–H and O–H groups in total. The minimum Gasteiger partial charge on any atom is -0.480 e. The second-order valence-corrected chi connectivity index (χ2v) is 6.60. The van der Waals surface area contributed by atoms with Gasteiger partial charge in [0.15, 0.2) is 5.41 Å². The molecule has 0 aromatic carbocycles. The van der Waals surface area contributed by atoms with Crippen molar-refractivity contribution in [3.63, 3.8) is 0 Å². The first-order valence-electron chi connectivity index (χ1n) is 9.20. The van der Waals surface area contributed by atoms with E-state index in [0.29, 0.717) is 11.3 Å². The van der Waals surface area contributed by atoms with Crippen molar-refractivity contribution in [2.45, 2.75) is 65.9 Å². The molecule has 0 rings (SSSR count). The summed E-state index contributed by atoms with van der Waals surface area (Å²) >= 11 is 1.96. The predicted molar refractivity (Wildman–Crippen MR) is 109 cm³/mol. The number of carbonyl (C=O) groups excluding carboxylic acids is 1. The fourth-order valence-electron chi connectivity index (χ4n) is 1.95. The van der Waals surface area contributed by atoms with Gasteiger partial charge in [-0.25, -0.2) is 0 Å². The molecule has 0 fully saturated rings. The molecule has 0 aliphatic carbocycles. The highest BCUT2D eigenvalue weighted by Crippen LogP contribution is 2.27. The zero-order valence-corrected chi connectivity index (χ0v) is 18.8. The Morgan fingerprint density at radius 1 is 1.11 bits per heavy atom. The largest absolute Gasteiger partial charge is 0.480 e. The Labute approximate surface area is 175 Å². The van der Waals surface area contributed by atoms with Crippen LogP contribution < -0.4 is 0 Å². The zero-order valence-electron chi connectivity index (χ0n) is 17.7. The van der Waals surface area contributed by atoms with Crippen molar-refractivity contribution in [2.75, 3.05) is 18.3 Å². The fraction of sp³-hybridized carbons (Fsp3) is 0.833. The number of carbonyl (C=O) groups is 3. The quantitative estimate of drug-likeness (QED) is 0.202. The van der Waals surface area contributed by atoms with Crippen molar-refractivity contribution in [1.82, 2.24) is 0 Å². The molecule has 0 amide bonds. The molecular formula is C18H33F2IO6. The maximum atomic E-state index is 12.0. The average molecular weight is 511 g/mol. The van der Waals surface area contributed by atoms with Gasteiger partial charge in [0, 0.05) is 7.79 Å². The first kappa shape index (κ1) is 28.2. The lowest BCUT2D eigenvalue weighted by Crippen LogP contribution is -2.39. The van der Waals surface area contributed by atoms with Gasteiger partial charge in [-0.05, 0) is 44.9 Å². The Kier molecular flexibility index (Phi) is 16.7. The first-order valence-corrected chi connectivity index (χ1v) is 10.0. The summed E-state index contributed by atoms with van der Waals surface area (Å²) in [4.78, 5) is 32.9. The van der Waals surface area contributed by atoms with Crippen LogP contribution in [0.25, 0.3) is 0 Å². The van der Waals surface area contributed by atoms with Gasteiger partial charge in [-0.15, -0.1) is 0 Å². The number of carboxylic acids is 2. The number of ether oxygens (including phenoxy) is 1. The second-order valence-electron chi connectivity index (χ2n) is 6.60. The molecule has 1 atom stereocenters. The molecule has 0 bridgehead atoms. The van der Waals surface area contributed by atoms with Crippen LogP contribution in [-0.4, -0.2) is 52.0 Å².